The molecule has 1 N–H and O–H groups in total. The van der Waals surface area contributed by atoms with Gasteiger partial charge in [0, 0.05) is 18.2 Å². The van der Waals surface area contributed by atoms with Gasteiger partial charge in [0.15, 0.2) is 0 Å². The van der Waals surface area contributed by atoms with Crippen LogP contribution in [-0.4, -0.2) is 45.2 Å². The summed E-state index contributed by atoms with van der Waals surface area (Å²) < 4.78 is 42.1. The van der Waals surface area contributed by atoms with E-state index in [1.54, 1.807) is 0 Å². The molecule has 136 valence electrons. The summed E-state index contributed by atoms with van der Waals surface area (Å²) in [7, 11) is -3.28. The Labute approximate surface area is 147 Å². The molecule has 2 heterocycles. The summed E-state index contributed by atoms with van der Waals surface area (Å²) in [5.41, 5.74) is 1.71. The summed E-state index contributed by atoms with van der Waals surface area (Å²) in [5, 5.41) is 3.98. The summed E-state index contributed by atoms with van der Waals surface area (Å²) >= 11 is 0. The van der Waals surface area contributed by atoms with E-state index in [9.17, 15) is 8.42 Å². The smallest absolute Gasteiger partial charge is 0.209 e. The average molecular weight is 366 g/mol. The van der Waals surface area contributed by atoms with Gasteiger partial charge in [-0.1, -0.05) is 5.16 Å². The molecular weight excluding hydrogens is 344 g/mol. The van der Waals surface area contributed by atoms with Gasteiger partial charge in [-0.25, -0.2) is 13.1 Å². The summed E-state index contributed by atoms with van der Waals surface area (Å²) in [6.07, 6.45) is 2.42. The van der Waals surface area contributed by atoms with E-state index in [0.717, 1.165) is 36.1 Å². The van der Waals surface area contributed by atoms with E-state index in [1.807, 2.05) is 37.3 Å². The highest BCUT2D eigenvalue weighted by Crippen LogP contribution is 2.23. The van der Waals surface area contributed by atoms with Gasteiger partial charge >= 0.3 is 0 Å². The lowest BCUT2D eigenvalue weighted by molar-refractivity contribution is -0.0278. The van der Waals surface area contributed by atoms with Crippen molar-refractivity contribution in [3.8, 4) is 17.0 Å². The van der Waals surface area contributed by atoms with Crippen LogP contribution in [0.4, 0.5) is 0 Å². The first-order valence-corrected chi connectivity index (χ1v) is 10.1. The Kier molecular flexibility index (Phi) is 5.41. The zero-order valence-electron chi connectivity index (χ0n) is 14.3. The van der Waals surface area contributed by atoms with Crippen molar-refractivity contribution in [3.05, 3.63) is 36.1 Å². The molecule has 1 aliphatic rings. The van der Waals surface area contributed by atoms with Gasteiger partial charge in [0.2, 0.25) is 10.0 Å². The number of nitrogens with one attached hydrogen (secondary N) is 1. The van der Waals surface area contributed by atoms with Crippen molar-refractivity contribution in [2.24, 2.45) is 0 Å². The fourth-order valence-electron chi connectivity index (χ4n) is 2.82. The van der Waals surface area contributed by atoms with Crippen molar-refractivity contribution in [2.75, 3.05) is 19.5 Å². The van der Waals surface area contributed by atoms with Crippen LogP contribution in [0.15, 0.2) is 34.9 Å². The molecular formula is C17H22N2O5S. The molecule has 1 fully saturated rings. The number of aryl methyl sites for hydroxylation is 1. The zero-order chi connectivity index (χ0) is 17.9. The van der Waals surface area contributed by atoms with Gasteiger partial charge in [0.05, 0.1) is 12.3 Å². The maximum Gasteiger partial charge on any atom is 0.209 e. The molecule has 7 nitrogen and oxygen atoms in total. The summed E-state index contributed by atoms with van der Waals surface area (Å²) in [4.78, 5) is 0. The van der Waals surface area contributed by atoms with Crippen molar-refractivity contribution in [3.63, 3.8) is 0 Å². The Balaban J connectivity index is 1.60. The normalized spacial score (nSPS) is 21.2. The van der Waals surface area contributed by atoms with Crippen molar-refractivity contribution in [2.45, 2.75) is 31.9 Å². The second-order valence-electron chi connectivity index (χ2n) is 6.21. The van der Waals surface area contributed by atoms with Gasteiger partial charge in [-0.15, -0.1) is 0 Å². The maximum absolute atomic E-state index is 11.5. The average Bonchev–Trinajstić information content (AvgIpc) is 3.00. The quantitative estimate of drug-likeness (QED) is 0.842. The molecule has 1 aromatic carbocycles. The molecule has 0 spiro atoms. The van der Waals surface area contributed by atoms with E-state index in [2.05, 4.69) is 9.88 Å². The molecule has 0 bridgehead atoms. The van der Waals surface area contributed by atoms with Crippen LogP contribution in [-0.2, 0) is 14.8 Å². The SMILES string of the molecule is Cc1cc(-c2ccc(OCC3OCCCC3NS(C)(=O)=O)cc2)no1. The first-order valence-electron chi connectivity index (χ1n) is 8.16. The van der Waals surface area contributed by atoms with Crippen molar-refractivity contribution in [1.29, 1.82) is 0 Å². The molecule has 0 amide bonds. The Hall–Kier alpha value is -1.90. The number of nitrogens with zero attached hydrogens (tertiary/aromatic N) is 1. The third-order valence-electron chi connectivity index (χ3n) is 4.00. The minimum atomic E-state index is -3.28. The van der Waals surface area contributed by atoms with Crippen molar-refractivity contribution in [1.82, 2.24) is 9.88 Å². The number of hydrogen-bond acceptors (Lipinski definition) is 6. The van der Waals surface area contributed by atoms with Crippen molar-refractivity contribution >= 4 is 10.0 Å². The number of sulfonamides is 1. The third kappa shape index (κ3) is 5.04. The van der Waals surface area contributed by atoms with Crippen molar-refractivity contribution < 1.29 is 22.4 Å². The molecule has 2 unspecified atom stereocenters. The highest BCUT2D eigenvalue weighted by Gasteiger charge is 2.28. The first-order chi connectivity index (χ1) is 11.9. The van der Waals surface area contributed by atoms with Gasteiger partial charge in [-0.2, -0.15) is 0 Å². The number of rotatable bonds is 6. The van der Waals surface area contributed by atoms with Crippen LogP contribution in [0.25, 0.3) is 11.3 Å². The first kappa shape index (κ1) is 17.9. The van der Waals surface area contributed by atoms with Crippen LogP contribution in [0.3, 0.4) is 0 Å². The molecule has 25 heavy (non-hydrogen) atoms. The second-order valence-corrected chi connectivity index (χ2v) is 7.99. The summed E-state index contributed by atoms with van der Waals surface area (Å²) in [5.74, 6) is 1.45. The molecule has 2 aromatic rings. The molecule has 1 aromatic heterocycles. The Bertz CT molecular complexity index is 801. The highest BCUT2D eigenvalue weighted by atomic mass is 32.2. The van der Waals surface area contributed by atoms with E-state index < -0.39 is 10.0 Å². The van der Waals surface area contributed by atoms with Crippen LogP contribution in [0.1, 0.15) is 18.6 Å². The molecule has 1 aliphatic heterocycles. The van der Waals surface area contributed by atoms with E-state index in [1.165, 1.54) is 0 Å². The monoisotopic (exact) mass is 366 g/mol. The zero-order valence-corrected chi connectivity index (χ0v) is 15.1. The van der Waals surface area contributed by atoms with Crippen LogP contribution in [0.5, 0.6) is 5.75 Å². The predicted molar refractivity (Wildman–Crippen MR) is 92.9 cm³/mol. The van der Waals surface area contributed by atoms with Gasteiger partial charge in [0.25, 0.3) is 0 Å². The largest absolute Gasteiger partial charge is 0.491 e. The lowest BCUT2D eigenvalue weighted by Crippen LogP contribution is -2.49. The van der Waals surface area contributed by atoms with Crippen LogP contribution in [0.2, 0.25) is 0 Å². The topological polar surface area (TPSA) is 90.7 Å². The second kappa shape index (κ2) is 7.55. The van der Waals surface area contributed by atoms with Crippen LogP contribution < -0.4 is 9.46 Å². The molecule has 1 saturated heterocycles. The molecule has 3 rings (SSSR count). The lowest BCUT2D eigenvalue weighted by atomic mass is 10.0. The number of hydrogen-bond donors (Lipinski definition) is 1. The fraction of sp³-hybridized carbons (Fsp3) is 0.471. The van der Waals surface area contributed by atoms with E-state index >= 15 is 0 Å². The fourth-order valence-corrected chi connectivity index (χ4v) is 3.64. The minimum Gasteiger partial charge on any atom is -0.491 e. The molecule has 0 radical (unpaired) electrons. The predicted octanol–water partition coefficient (Wildman–Crippen LogP) is 2.13. The summed E-state index contributed by atoms with van der Waals surface area (Å²) in [6, 6.07) is 9.11. The van der Waals surface area contributed by atoms with Crippen LogP contribution in [0, 0.1) is 6.92 Å². The molecule has 2 atom stereocenters. The van der Waals surface area contributed by atoms with Gasteiger partial charge in [0.1, 0.15) is 29.9 Å². The maximum atomic E-state index is 11.5. The van der Waals surface area contributed by atoms with Gasteiger partial charge < -0.3 is 14.0 Å². The van der Waals surface area contributed by atoms with Gasteiger partial charge in [-0.3, -0.25) is 0 Å². The third-order valence-corrected chi connectivity index (χ3v) is 4.73. The highest BCUT2D eigenvalue weighted by molar-refractivity contribution is 7.88. The number of aromatic nitrogens is 1. The molecule has 0 saturated carbocycles. The minimum absolute atomic E-state index is 0.263. The van der Waals surface area contributed by atoms with Crippen LogP contribution >= 0.6 is 0 Å². The standard InChI is InChI=1S/C17H22N2O5S/c1-12-10-16(18-24-12)13-5-7-14(8-6-13)23-11-17-15(4-3-9-22-17)19-25(2,20)21/h5-8,10,15,17,19H,3-4,9,11H2,1-2H3. The van der Waals surface area contributed by atoms with Gasteiger partial charge in [-0.05, 0) is 44.0 Å². The van der Waals surface area contributed by atoms with E-state index in [-0.39, 0.29) is 18.8 Å². The molecule has 8 heteroatoms. The Morgan fingerprint density at radius 2 is 2.08 bits per heavy atom. The van der Waals surface area contributed by atoms with E-state index in [4.69, 9.17) is 14.0 Å². The summed E-state index contributed by atoms with van der Waals surface area (Å²) in [6.45, 7) is 2.75. The lowest BCUT2D eigenvalue weighted by Gasteiger charge is -2.31. The molecule has 0 aliphatic carbocycles. The Morgan fingerprint density at radius 1 is 1.32 bits per heavy atom. The Morgan fingerprint density at radius 3 is 2.72 bits per heavy atom. The number of ether oxygens (including phenoxy) is 2. The van der Waals surface area contributed by atoms with E-state index in [0.29, 0.717) is 12.4 Å². The number of benzene rings is 1.